The first kappa shape index (κ1) is 13.6. The second kappa shape index (κ2) is 5.58. The molecule has 2 aromatic heterocycles. The van der Waals surface area contributed by atoms with Crippen molar-refractivity contribution in [3.8, 4) is 0 Å². The second-order valence-electron chi connectivity index (χ2n) is 4.88. The van der Waals surface area contributed by atoms with Crippen LogP contribution >= 0.6 is 11.6 Å². The van der Waals surface area contributed by atoms with Crippen molar-refractivity contribution in [1.82, 2.24) is 9.38 Å². The second-order valence-corrected chi connectivity index (χ2v) is 5.29. The van der Waals surface area contributed by atoms with Gasteiger partial charge in [0.25, 0.3) is 0 Å². The Bertz CT molecular complexity index is 810. The molecule has 0 bridgehead atoms. The van der Waals surface area contributed by atoms with Gasteiger partial charge in [-0.05, 0) is 30.7 Å². The fraction of sp³-hybridized carbons (Fsp3) is 0.125. The molecule has 0 spiro atoms. The van der Waals surface area contributed by atoms with Gasteiger partial charge in [-0.1, -0.05) is 29.8 Å². The van der Waals surface area contributed by atoms with Gasteiger partial charge in [0.05, 0.1) is 17.8 Å². The number of nitrogens with one attached hydrogen (secondary N) is 1. The molecule has 0 aliphatic heterocycles. The van der Waals surface area contributed by atoms with Crippen molar-refractivity contribution in [1.29, 1.82) is 0 Å². The molecule has 0 saturated carbocycles. The number of pyridine rings is 1. The van der Waals surface area contributed by atoms with Crippen LogP contribution in [0.25, 0.3) is 5.65 Å². The molecule has 0 saturated heterocycles. The summed E-state index contributed by atoms with van der Waals surface area (Å²) < 4.78 is 1.89. The zero-order valence-electron chi connectivity index (χ0n) is 11.5. The number of benzene rings is 1. The molecule has 0 radical (unpaired) electrons. The summed E-state index contributed by atoms with van der Waals surface area (Å²) in [5.41, 5.74) is 3.35. The molecular weight excluding hydrogens is 286 g/mol. The van der Waals surface area contributed by atoms with Crippen LogP contribution in [0.15, 0.2) is 48.8 Å². The van der Waals surface area contributed by atoms with Gasteiger partial charge >= 0.3 is 0 Å². The predicted molar refractivity (Wildman–Crippen MR) is 83.7 cm³/mol. The molecule has 0 fully saturated rings. The minimum Gasteiger partial charge on any atom is -0.324 e. The van der Waals surface area contributed by atoms with Crippen LogP contribution in [-0.4, -0.2) is 15.3 Å². The number of carbonyl (C=O) groups is 1. The average Bonchev–Trinajstić information content (AvgIpc) is 2.80. The fourth-order valence-corrected chi connectivity index (χ4v) is 2.42. The van der Waals surface area contributed by atoms with Gasteiger partial charge in [-0.15, -0.1) is 0 Å². The number of anilines is 1. The fourth-order valence-electron chi connectivity index (χ4n) is 2.21. The molecule has 1 amide bonds. The lowest BCUT2D eigenvalue weighted by Gasteiger charge is -2.07. The summed E-state index contributed by atoms with van der Waals surface area (Å²) in [6, 6.07) is 11.1. The van der Waals surface area contributed by atoms with Crippen molar-refractivity contribution in [3.63, 3.8) is 0 Å². The zero-order valence-corrected chi connectivity index (χ0v) is 12.3. The molecule has 0 atom stereocenters. The maximum atomic E-state index is 12.1. The van der Waals surface area contributed by atoms with Crippen LogP contribution in [0.5, 0.6) is 0 Å². The third-order valence-electron chi connectivity index (χ3n) is 3.16. The SMILES string of the molecule is Cc1cn2cc(NC(=O)Cc3ccccc3Cl)ccc2n1. The van der Waals surface area contributed by atoms with Crippen molar-refractivity contribution < 1.29 is 4.79 Å². The minimum atomic E-state index is -0.0979. The van der Waals surface area contributed by atoms with Gasteiger partial charge in [-0.3, -0.25) is 4.79 Å². The highest BCUT2D eigenvalue weighted by atomic mass is 35.5. The Morgan fingerprint density at radius 1 is 1.24 bits per heavy atom. The third-order valence-corrected chi connectivity index (χ3v) is 3.53. The van der Waals surface area contributed by atoms with Crippen molar-refractivity contribution >= 4 is 28.8 Å². The van der Waals surface area contributed by atoms with Gasteiger partial charge in [-0.2, -0.15) is 0 Å². The molecule has 2 heterocycles. The lowest BCUT2D eigenvalue weighted by molar-refractivity contribution is -0.115. The van der Waals surface area contributed by atoms with E-state index in [4.69, 9.17) is 11.6 Å². The van der Waals surface area contributed by atoms with E-state index in [1.54, 1.807) is 6.07 Å². The standard InChI is InChI=1S/C16H14ClN3O/c1-11-9-20-10-13(6-7-15(20)18-11)19-16(21)8-12-4-2-3-5-14(12)17/h2-7,9-10H,8H2,1H3,(H,19,21). The summed E-state index contributed by atoms with van der Waals surface area (Å²) in [5, 5.41) is 3.48. The number of imidazole rings is 1. The van der Waals surface area contributed by atoms with Gasteiger partial charge in [-0.25, -0.2) is 4.98 Å². The number of halogens is 1. The Morgan fingerprint density at radius 2 is 2.05 bits per heavy atom. The van der Waals surface area contributed by atoms with Gasteiger partial charge in [0, 0.05) is 17.4 Å². The van der Waals surface area contributed by atoms with E-state index in [2.05, 4.69) is 10.3 Å². The summed E-state index contributed by atoms with van der Waals surface area (Å²) in [7, 11) is 0. The van der Waals surface area contributed by atoms with E-state index in [-0.39, 0.29) is 12.3 Å². The van der Waals surface area contributed by atoms with Gasteiger partial charge in [0.2, 0.25) is 5.91 Å². The monoisotopic (exact) mass is 299 g/mol. The molecule has 3 rings (SSSR count). The molecule has 106 valence electrons. The summed E-state index contributed by atoms with van der Waals surface area (Å²) >= 11 is 6.06. The number of aromatic nitrogens is 2. The van der Waals surface area contributed by atoms with Crippen LogP contribution in [0.1, 0.15) is 11.3 Å². The van der Waals surface area contributed by atoms with Crippen LogP contribution in [0.2, 0.25) is 5.02 Å². The first-order valence-corrected chi connectivity index (χ1v) is 6.98. The average molecular weight is 300 g/mol. The molecule has 1 aromatic carbocycles. The normalized spacial score (nSPS) is 10.8. The summed E-state index contributed by atoms with van der Waals surface area (Å²) in [5.74, 6) is -0.0979. The van der Waals surface area contributed by atoms with Crippen LogP contribution in [0.4, 0.5) is 5.69 Å². The number of rotatable bonds is 3. The molecule has 3 aromatic rings. The highest BCUT2D eigenvalue weighted by Gasteiger charge is 2.07. The van der Waals surface area contributed by atoms with E-state index in [1.807, 2.05) is 54.0 Å². The highest BCUT2D eigenvalue weighted by molar-refractivity contribution is 6.31. The number of aryl methyl sites for hydroxylation is 1. The summed E-state index contributed by atoms with van der Waals surface area (Å²) in [6.07, 6.45) is 4.01. The minimum absolute atomic E-state index is 0.0979. The number of carbonyl (C=O) groups excluding carboxylic acids is 1. The van der Waals surface area contributed by atoms with E-state index in [0.29, 0.717) is 5.02 Å². The smallest absolute Gasteiger partial charge is 0.228 e. The topological polar surface area (TPSA) is 46.4 Å². The number of hydrogen-bond acceptors (Lipinski definition) is 2. The number of amides is 1. The molecule has 1 N–H and O–H groups in total. The van der Waals surface area contributed by atoms with E-state index in [9.17, 15) is 4.79 Å². The van der Waals surface area contributed by atoms with Crippen molar-refractivity contribution in [2.24, 2.45) is 0 Å². The number of nitrogens with zero attached hydrogens (tertiary/aromatic N) is 2. The Labute approximate surface area is 127 Å². The molecule has 4 nitrogen and oxygen atoms in total. The van der Waals surface area contributed by atoms with Crippen LogP contribution in [0.3, 0.4) is 0 Å². The molecular formula is C16H14ClN3O. The van der Waals surface area contributed by atoms with Crippen LogP contribution in [0, 0.1) is 6.92 Å². The Morgan fingerprint density at radius 3 is 2.86 bits per heavy atom. The first-order chi connectivity index (χ1) is 10.1. The maximum Gasteiger partial charge on any atom is 0.228 e. The Balaban J connectivity index is 1.75. The van der Waals surface area contributed by atoms with Crippen molar-refractivity contribution in [2.45, 2.75) is 13.3 Å². The maximum absolute atomic E-state index is 12.1. The van der Waals surface area contributed by atoms with E-state index in [1.165, 1.54) is 0 Å². The predicted octanol–water partition coefficient (Wildman–Crippen LogP) is 3.48. The van der Waals surface area contributed by atoms with Gasteiger partial charge in [0.1, 0.15) is 5.65 Å². The van der Waals surface area contributed by atoms with Crippen molar-refractivity contribution in [3.05, 3.63) is 65.1 Å². The lowest BCUT2D eigenvalue weighted by atomic mass is 10.1. The number of fused-ring (bicyclic) bond motifs is 1. The molecule has 0 aliphatic carbocycles. The largest absolute Gasteiger partial charge is 0.324 e. The molecule has 0 aliphatic rings. The molecule has 21 heavy (non-hydrogen) atoms. The summed E-state index contributed by atoms with van der Waals surface area (Å²) in [6.45, 7) is 1.93. The molecule has 0 unspecified atom stereocenters. The first-order valence-electron chi connectivity index (χ1n) is 6.60. The van der Waals surface area contributed by atoms with Gasteiger partial charge < -0.3 is 9.72 Å². The van der Waals surface area contributed by atoms with Crippen molar-refractivity contribution in [2.75, 3.05) is 5.32 Å². The van der Waals surface area contributed by atoms with Gasteiger partial charge in [0.15, 0.2) is 0 Å². The Kier molecular flexibility index (Phi) is 3.62. The highest BCUT2D eigenvalue weighted by Crippen LogP contribution is 2.17. The van der Waals surface area contributed by atoms with Crippen LogP contribution in [-0.2, 0) is 11.2 Å². The lowest BCUT2D eigenvalue weighted by Crippen LogP contribution is -2.14. The zero-order chi connectivity index (χ0) is 14.8. The van der Waals surface area contributed by atoms with E-state index in [0.717, 1.165) is 22.6 Å². The quantitative estimate of drug-likeness (QED) is 0.805. The number of hydrogen-bond donors (Lipinski definition) is 1. The third kappa shape index (κ3) is 3.06. The van der Waals surface area contributed by atoms with Crippen LogP contribution < -0.4 is 5.32 Å². The summed E-state index contributed by atoms with van der Waals surface area (Å²) in [4.78, 5) is 16.4. The Hall–Kier alpha value is -2.33. The van der Waals surface area contributed by atoms with E-state index >= 15 is 0 Å². The molecule has 5 heteroatoms. The van der Waals surface area contributed by atoms with E-state index < -0.39 is 0 Å².